The van der Waals surface area contributed by atoms with Gasteiger partial charge in [-0.3, -0.25) is 4.79 Å². The molecule has 4 aromatic rings. The number of nitrogens with one attached hydrogen (secondary N) is 1. The van der Waals surface area contributed by atoms with Gasteiger partial charge in [-0.05, 0) is 42.5 Å². The van der Waals surface area contributed by atoms with Gasteiger partial charge in [-0.25, -0.2) is 0 Å². The SMILES string of the molecule is O=c1c2ccccc2[nH]c2ccc(Oc3ccccc3)cc12. The fourth-order valence-electron chi connectivity index (χ4n) is 2.59. The number of ether oxygens (including phenoxy) is 1. The summed E-state index contributed by atoms with van der Waals surface area (Å²) in [5, 5.41) is 1.32. The van der Waals surface area contributed by atoms with Gasteiger partial charge in [0.1, 0.15) is 11.5 Å². The molecule has 4 rings (SSSR count). The van der Waals surface area contributed by atoms with Crippen molar-refractivity contribution in [2.75, 3.05) is 0 Å². The average Bonchev–Trinajstić information content (AvgIpc) is 2.57. The van der Waals surface area contributed by atoms with Gasteiger partial charge in [-0.15, -0.1) is 0 Å². The first-order valence-electron chi connectivity index (χ1n) is 7.09. The maximum atomic E-state index is 12.6. The predicted molar refractivity (Wildman–Crippen MR) is 88.6 cm³/mol. The van der Waals surface area contributed by atoms with E-state index in [0.29, 0.717) is 16.5 Å². The molecule has 1 N–H and O–H groups in total. The van der Waals surface area contributed by atoms with Gasteiger partial charge in [0.15, 0.2) is 5.43 Å². The van der Waals surface area contributed by atoms with E-state index >= 15 is 0 Å². The van der Waals surface area contributed by atoms with Crippen LogP contribution in [0.15, 0.2) is 77.6 Å². The van der Waals surface area contributed by atoms with Crippen LogP contribution >= 0.6 is 0 Å². The van der Waals surface area contributed by atoms with E-state index in [0.717, 1.165) is 16.8 Å². The molecular weight excluding hydrogens is 274 g/mol. The van der Waals surface area contributed by atoms with E-state index in [2.05, 4.69) is 4.98 Å². The molecule has 0 aliphatic heterocycles. The van der Waals surface area contributed by atoms with Gasteiger partial charge in [0.25, 0.3) is 0 Å². The highest BCUT2D eigenvalue weighted by Gasteiger charge is 2.06. The highest BCUT2D eigenvalue weighted by Crippen LogP contribution is 2.24. The van der Waals surface area contributed by atoms with Crippen molar-refractivity contribution in [1.29, 1.82) is 0 Å². The van der Waals surface area contributed by atoms with Gasteiger partial charge < -0.3 is 9.72 Å². The van der Waals surface area contributed by atoms with Gasteiger partial charge in [0.05, 0.1) is 5.52 Å². The maximum absolute atomic E-state index is 12.6. The van der Waals surface area contributed by atoms with Crippen molar-refractivity contribution >= 4 is 21.8 Å². The first-order chi connectivity index (χ1) is 10.8. The van der Waals surface area contributed by atoms with Gasteiger partial charge in [0, 0.05) is 16.3 Å². The highest BCUT2D eigenvalue weighted by atomic mass is 16.5. The van der Waals surface area contributed by atoms with Crippen molar-refractivity contribution in [2.45, 2.75) is 0 Å². The second-order valence-electron chi connectivity index (χ2n) is 5.12. The summed E-state index contributed by atoms with van der Waals surface area (Å²) in [6, 6.07) is 22.6. The molecule has 0 saturated carbocycles. The number of hydrogen-bond donors (Lipinski definition) is 1. The lowest BCUT2D eigenvalue weighted by molar-refractivity contribution is 0.483. The third kappa shape index (κ3) is 2.13. The van der Waals surface area contributed by atoms with E-state index in [-0.39, 0.29) is 5.43 Å². The van der Waals surface area contributed by atoms with Crippen molar-refractivity contribution in [1.82, 2.24) is 4.98 Å². The van der Waals surface area contributed by atoms with Crippen molar-refractivity contribution in [2.24, 2.45) is 0 Å². The molecule has 3 heteroatoms. The summed E-state index contributed by atoms with van der Waals surface area (Å²) in [6.45, 7) is 0. The summed E-state index contributed by atoms with van der Waals surface area (Å²) in [5.74, 6) is 1.40. The Morgan fingerprint density at radius 3 is 2.27 bits per heavy atom. The van der Waals surface area contributed by atoms with Crippen LogP contribution < -0.4 is 10.2 Å². The number of fused-ring (bicyclic) bond motifs is 2. The lowest BCUT2D eigenvalue weighted by Crippen LogP contribution is -2.04. The number of rotatable bonds is 2. The van der Waals surface area contributed by atoms with E-state index in [9.17, 15) is 4.79 Å². The number of pyridine rings is 1. The largest absolute Gasteiger partial charge is 0.457 e. The van der Waals surface area contributed by atoms with Crippen LogP contribution in [-0.2, 0) is 0 Å². The Bertz CT molecular complexity index is 1020. The summed E-state index contributed by atoms with van der Waals surface area (Å²) in [7, 11) is 0. The highest BCUT2D eigenvalue weighted by molar-refractivity contribution is 5.92. The second-order valence-corrected chi connectivity index (χ2v) is 5.12. The Labute approximate surface area is 126 Å². The summed E-state index contributed by atoms with van der Waals surface area (Å²) >= 11 is 0. The third-order valence-corrected chi connectivity index (χ3v) is 3.66. The molecule has 3 aromatic carbocycles. The molecule has 0 radical (unpaired) electrons. The molecule has 0 atom stereocenters. The lowest BCUT2D eigenvalue weighted by atomic mass is 10.1. The monoisotopic (exact) mass is 287 g/mol. The maximum Gasteiger partial charge on any atom is 0.197 e. The van der Waals surface area contributed by atoms with Crippen molar-refractivity contribution in [3.05, 3.63) is 83.0 Å². The van der Waals surface area contributed by atoms with Crippen LogP contribution in [0, 0.1) is 0 Å². The van der Waals surface area contributed by atoms with E-state index < -0.39 is 0 Å². The number of hydrogen-bond acceptors (Lipinski definition) is 2. The quantitative estimate of drug-likeness (QED) is 0.552. The molecule has 0 spiro atoms. The van der Waals surface area contributed by atoms with Gasteiger partial charge >= 0.3 is 0 Å². The van der Waals surface area contributed by atoms with Crippen molar-refractivity contribution in [3.63, 3.8) is 0 Å². The number of benzene rings is 3. The van der Waals surface area contributed by atoms with Gasteiger partial charge in [-0.1, -0.05) is 30.3 Å². The summed E-state index contributed by atoms with van der Waals surface area (Å²) in [4.78, 5) is 15.9. The molecule has 0 unspecified atom stereocenters. The van der Waals surface area contributed by atoms with Crippen molar-refractivity contribution < 1.29 is 4.74 Å². The molecule has 0 saturated heterocycles. The predicted octanol–water partition coefficient (Wildman–Crippen LogP) is 4.47. The van der Waals surface area contributed by atoms with E-state index in [1.807, 2.05) is 66.7 Å². The molecule has 0 bridgehead atoms. The summed E-state index contributed by atoms with van der Waals surface area (Å²) in [6.07, 6.45) is 0. The Balaban J connectivity index is 1.88. The van der Waals surface area contributed by atoms with Crippen LogP contribution in [0.2, 0.25) is 0 Å². The smallest absolute Gasteiger partial charge is 0.197 e. The molecule has 1 heterocycles. The number of aromatic nitrogens is 1. The molecule has 106 valence electrons. The van der Waals surface area contributed by atoms with Crippen LogP contribution in [0.5, 0.6) is 11.5 Å². The number of H-pyrrole nitrogens is 1. The Morgan fingerprint density at radius 2 is 1.41 bits per heavy atom. The van der Waals surface area contributed by atoms with E-state index in [4.69, 9.17) is 4.74 Å². The van der Waals surface area contributed by atoms with Gasteiger partial charge in [-0.2, -0.15) is 0 Å². The standard InChI is InChI=1S/C19H13NO2/c21-19-15-8-4-5-9-17(15)20-18-11-10-14(12-16(18)19)22-13-6-2-1-3-7-13/h1-12H,(H,20,21). The minimum absolute atomic E-state index is 0.0165. The fraction of sp³-hybridized carbons (Fsp3) is 0. The zero-order chi connectivity index (χ0) is 14.9. The lowest BCUT2D eigenvalue weighted by Gasteiger charge is -2.07. The normalized spacial score (nSPS) is 10.9. The number of aromatic amines is 1. The first-order valence-corrected chi connectivity index (χ1v) is 7.09. The molecular formula is C19H13NO2. The molecule has 0 fully saturated rings. The fourth-order valence-corrected chi connectivity index (χ4v) is 2.59. The molecule has 0 aliphatic carbocycles. The van der Waals surface area contributed by atoms with Crippen molar-refractivity contribution in [3.8, 4) is 11.5 Å². The topological polar surface area (TPSA) is 42.1 Å². The molecule has 3 nitrogen and oxygen atoms in total. The van der Waals surface area contributed by atoms with Crippen LogP contribution in [0.25, 0.3) is 21.8 Å². The summed E-state index contributed by atoms with van der Waals surface area (Å²) in [5.41, 5.74) is 1.67. The second kappa shape index (κ2) is 5.04. The Hall–Kier alpha value is -3.07. The van der Waals surface area contributed by atoms with E-state index in [1.54, 1.807) is 6.07 Å². The van der Waals surface area contributed by atoms with Crippen LogP contribution in [0.4, 0.5) is 0 Å². The Kier molecular flexibility index (Phi) is 2.90. The van der Waals surface area contributed by atoms with Gasteiger partial charge in [0.2, 0.25) is 0 Å². The first kappa shape index (κ1) is 12.7. The number of para-hydroxylation sites is 2. The molecule has 0 amide bonds. The Morgan fingerprint density at radius 1 is 0.682 bits per heavy atom. The minimum atomic E-state index is 0.0165. The molecule has 1 aromatic heterocycles. The molecule has 0 aliphatic rings. The third-order valence-electron chi connectivity index (χ3n) is 3.66. The zero-order valence-corrected chi connectivity index (χ0v) is 11.7. The average molecular weight is 287 g/mol. The van der Waals surface area contributed by atoms with Crippen LogP contribution in [0.3, 0.4) is 0 Å². The van der Waals surface area contributed by atoms with Crippen LogP contribution in [-0.4, -0.2) is 4.98 Å². The molecule has 22 heavy (non-hydrogen) atoms. The van der Waals surface area contributed by atoms with E-state index in [1.165, 1.54) is 0 Å². The minimum Gasteiger partial charge on any atom is -0.457 e. The van der Waals surface area contributed by atoms with Crippen LogP contribution in [0.1, 0.15) is 0 Å². The zero-order valence-electron chi connectivity index (χ0n) is 11.7. The summed E-state index contributed by atoms with van der Waals surface area (Å²) < 4.78 is 5.80.